The van der Waals surface area contributed by atoms with Crippen molar-refractivity contribution in [3.05, 3.63) is 69.3 Å². The van der Waals surface area contributed by atoms with E-state index >= 15 is 0 Å². The molecule has 0 saturated carbocycles. The number of allylic oxidation sites excluding steroid dienone is 4. The second kappa shape index (κ2) is 12.9. The van der Waals surface area contributed by atoms with E-state index in [0.717, 1.165) is 74.2 Å². The Balaban J connectivity index is 0.00000423. The zero-order valence-electron chi connectivity index (χ0n) is 25.5. The summed E-state index contributed by atoms with van der Waals surface area (Å²) in [5.74, 6) is -1.74. The van der Waals surface area contributed by atoms with Crippen LogP contribution in [0, 0.1) is 13.8 Å². The van der Waals surface area contributed by atoms with Crippen molar-refractivity contribution in [3.63, 3.8) is 0 Å². The number of hydrogen-bond donors (Lipinski definition) is 4. The summed E-state index contributed by atoms with van der Waals surface area (Å²) in [5, 5.41) is 18.9. The molecule has 0 amide bonds. The van der Waals surface area contributed by atoms with Gasteiger partial charge in [0.25, 0.3) is 0 Å². The van der Waals surface area contributed by atoms with Crippen LogP contribution in [0.5, 0.6) is 0 Å². The van der Waals surface area contributed by atoms with Gasteiger partial charge >= 0.3 is 11.9 Å². The van der Waals surface area contributed by atoms with Gasteiger partial charge in [-0.2, -0.15) is 0 Å². The van der Waals surface area contributed by atoms with Gasteiger partial charge in [-0.05, 0) is 122 Å². The van der Waals surface area contributed by atoms with Crippen molar-refractivity contribution in [2.45, 2.75) is 80.1 Å². The summed E-state index contributed by atoms with van der Waals surface area (Å²) in [6, 6.07) is 8.19. The van der Waals surface area contributed by atoms with Gasteiger partial charge in [0.15, 0.2) is 0 Å². The summed E-state index contributed by atoms with van der Waals surface area (Å²) in [7, 11) is 0. The number of rotatable bonds is 8. The Morgan fingerprint density at radius 3 is 1.44 bits per heavy atom. The van der Waals surface area contributed by atoms with Crippen LogP contribution in [-0.2, 0) is 44.8 Å². The SMILES string of the molecule is CCc1c(C)c2cc3[nH]c(cc4nc(cc5nc(cc1[nH]2)C(C)=C5CCC(=O)O)C(CCC(=O)O)=C4C)c(C)c3CC.[Ag]. The standard InChI is InChI=1S/C34H38N4O4.Ag/c1-7-21-17(3)25-13-26-19(5)23(9-11-33(39)40)31(37-26)16-32-24(10-12-34(41)42)20(6)28(38-32)15-30-22(8-2)18(4)27(36-30)14-29(21)35-25;/h13-16,35-36H,7-12H2,1-6H3,(H,39,40)(H,41,42);. The summed E-state index contributed by atoms with van der Waals surface area (Å²) in [6.07, 6.45) is 2.37. The normalized spacial score (nSPS) is 13.0. The molecule has 0 aromatic carbocycles. The molecule has 0 unspecified atom stereocenters. The van der Waals surface area contributed by atoms with Gasteiger partial charge in [-0.15, -0.1) is 0 Å². The molecule has 8 bridgehead atoms. The second-order valence-electron chi connectivity index (χ2n) is 11.2. The summed E-state index contributed by atoms with van der Waals surface area (Å²) in [5.41, 5.74) is 15.4. The van der Waals surface area contributed by atoms with Crippen LogP contribution < -0.4 is 0 Å². The monoisotopic (exact) mass is 673 g/mol. The number of carbonyl (C=O) groups is 2. The summed E-state index contributed by atoms with van der Waals surface area (Å²) < 4.78 is 0. The molecule has 3 aromatic heterocycles. The minimum Gasteiger partial charge on any atom is -0.481 e. The number of fused-ring (bicyclic) bond motifs is 8. The fourth-order valence-corrected chi connectivity index (χ4v) is 6.22. The molecule has 0 aliphatic carbocycles. The van der Waals surface area contributed by atoms with Crippen LogP contribution in [0.15, 0.2) is 24.3 Å². The Kier molecular flexibility index (Phi) is 9.64. The topological polar surface area (TPSA) is 132 Å². The van der Waals surface area contributed by atoms with Gasteiger partial charge in [0.1, 0.15) is 0 Å². The first kappa shape index (κ1) is 32.2. The molecule has 9 heteroatoms. The van der Waals surface area contributed by atoms with E-state index in [1.54, 1.807) is 0 Å². The molecule has 5 rings (SSSR count). The summed E-state index contributed by atoms with van der Waals surface area (Å²) in [6.45, 7) is 12.5. The number of carboxylic acid groups (broad SMARTS) is 2. The molecule has 4 N–H and O–H groups in total. The Bertz CT molecular complexity index is 1860. The number of aryl methyl sites for hydroxylation is 4. The van der Waals surface area contributed by atoms with Crippen LogP contribution >= 0.6 is 0 Å². The average Bonchev–Trinajstić information content (AvgIpc) is 3.59. The number of nitrogens with zero attached hydrogens (tertiary/aromatic N) is 2. The van der Waals surface area contributed by atoms with Crippen molar-refractivity contribution in [2.75, 3.05) is 0 Å². The van der Waals surface area contributed by atoms with Crippen LogP contribution in [0.1, 0.15) is 98.4 Å². The van der Waals surface area contributed by atoms with Gasteiger partial charge in [0.05, 0.1) is 22.8 Å². The average molecular weight is 675 g/mol. The van der Waals surface area contributed by atoms with E-state index in [-0.39, 0.29) is 35.2 Å². The number of hydrogen-bond acceptors (Lipinski definition) is 4. The van der Waals surface area contributed by atoms with Gasteiger partial charge in [-0.1, -0.05) is 13.8 Å². The molecular weight excluding hydrogens is 636 g/mol. The van der Waals surface area contributed by atoms with Crippen LogP contribution in [0.3, 0.4) is 0 Å². The molecule has 3 aromatic rings. The first-order chi connectivity index (χ1) is 20.0. The van der Waals surface area contributed by atoms with E-state index in [0.29, 0.717) is 24.2 Å². The van der Waals surface area contributed by atoms with Crippen LogP contribution in [0.25, 0.3) is 44.4 Å². The van der Waals surface area contributed by atoms with Crippen LogP contribution in [0.4, 0.5) is 0 Å². The van der Waals surface area contributed by atoms with Crippen molar-refractivity contribution in [1.29, 1.82) is 0 Å². The van der Waals surface area contributed by atoms with Gasteiger partial charge in [0.2, 0.25) is 0 Å². The van der Waals surface area contributed by atoms with Crippen LogP contribution in [-0.4, -0.2) is 42.1 Å². The molecular formula is C34H38AgN4O4. The van der Waals surface area contributed by atoms with E-state index in [1.807, 2.05) is 26.0 Å². The van der Waals surface area contributed by atoms with E-state index in [1.165, 1.54) is 16.7 Å². The maximum atomic E-state index is 11.5. The first-order valence-electron chi connectivity index (χ1n) is 14.6. The van der Waals surface area contributed by atoms with Crippen molar-refractivity contribution in [1.82, 2.24) is 19.9 Å². The first-order valence-corrected chi connectivity index (χ1v) is 14.6. The molecule has 0 saturated heterocycles. The maximum Gasteiger partial charge on any atom is 0.303 e. The zero-order chi connectivity index (χ0) is 30.3. The van der Waals surface area contributed by atoms with Gasteiger partial charge in [-0.3, -0.25) is 9.59 Å². The Morgan fingerprint density at radius 2 is 1.02 bits per heavy atom. The molecule has 0 fully saturated rings. The fourth-order valence-electron chi connectivity index (χ4n) is 6.22. The number of nitrogens with one attached hydrogen (secondary N) is 2. The number of H-pyrrole nitrogens is 2. The Labute approximate surface area is 266 Å². The van der Waals surface area contributed by atoms with E-state index in [4.69, 9.17) is 9.97 Å². The third kappa shape index (κ3) is 6.18. The van der Waals surface area contributed by atoms with Gasteiger partial charge in [-0.25, -0.2) is 9.97 Å². The molecule has 8 nitrogen and oxygen atoms in total. The smallest absolute Gasteiger partial charge is 0.303 e. The number of carboxylic acids is 2. The van der Waals surface area contributed by atoms with Gasteiger partial charge < -0.3 is 20.2 Å². The van der Waals surface area contributed by atoms with E-state index < -0.39 is 11.9 Å². The van der Waals surface area contributed by atoms with E-state index in [2.05, 4.69) is 49.8 Å². The third-order valence-corrected chi connectivity index (χ3v) is 8.69. The number of aromatic nitrogens is 4. The van der Waals surface area contributed by atoms with Crippen molar-refractivity contribution >= 4 is 56.3 Å². The molecule has 0 atom stereocenters. The molecule has 2 aliphatic rings. The molecule has 2 aliphatic heterocycles. The fraction of sp³-hybridized carbons (Fsp3) is 0.353. The number of aliphatic carboxylic acids is 2. The van der Waals surface area contributed by atoms with Crippen molar-refractivity contribution < 1.29 is 42.2 Å². The van der Waals surface area contributed by atoms with Crippen LogP contribution in [0.2, 0.25) is 0 Å². The number of aromatic amines is 2. The predicted molar refractivity (Wildman–Crippen MR) is 168 cm³/mol. The Morgan fingerprint density at radius 1 is 0.628 bits per heavy atom. The largest absolute Gasteiger partial charge is 0.481 e. The van der Waals surface area contributed by atoms with Crippen molar-refractivity contribution in [2.24, 2.45) is 0 Å². The predicted octanol–water partition coefficient (Wildman–Crippen LogP) is 7.64. The quantitative estimate of drug-likeness (QED) is 0.182. The summed E-state index contributed by atoms with van der Waals surface area (Å²) >= 11 is 0. The molecule has 43 heavy (non-hydrogen) atoms. The van der Waals surface area contributed by atoms with Crippen molar-refractivity contribution in [3.8, 4) is 0 Å². The minimum absolute atomic E-state index is 0. The molecule has 5 heterocycles. The second-order valence-corrected chi connectivity index (χ2v) is 11.2. The van der Waals surface area contributed by atoms with Gasteiger partial charge in [0, 0.05) is 57.3 Å². The minimum atomic E-state index is -0.869. The molecule has 229 valence electrons. The summed E-state index contributed by atoms with van der Waals surface area (Å²) in [4.78, 5) is 40.3. The molecule has 1 radical (unpaired) electrons. The third-order valence-electron chi connectivity index (χ3n) is 8.69. The zero-order valence-corrected chi connectivity index (χ0v) is 26.9. The maximum absolute atomic E-state index is 11.5. The van der Waals surface area contributed by atoms with E-state index in [9.17, 15) is 19.8 Å². The Hall–Kier alpha value is -3.72. The molecule has 0 spiro atoms.